The molecule has 0 bridgehead atoms. The van der Waals surface area contributed by atoms with Gasteiger partial charge in [-0.2, -0.15) is 0 Å². The van der Waals surface area contributed by atoms with Crippen LogP contribution in [0.25, 0.3) is 5.57 Å². The Morgan fingerprint density at radius 3 is 2.42 bits per heavy atom. The average Bonchev–Trinajstić information content (AvgIpc) is 3.03. The maximum absolute atomic E-state index is 13.4. The van der Waals surface area contributed by atoms with E-state index in [-0.39, 0.29) is 29.5 Å². The van der Waals surface area contributed by atoms with E-state index in [0.717, 1.165) is 13.1 Å². The summed E-state index contributed by atoms with van der Waals surface area (Å²) in [5.41, 5.74) is 1.44. The predicted molar refractivity (Wildman–Crippen MR) is 114 cm³/mol. The van der Waals surface area contributed by atoms with Crippen molar-refractivity contribution in [2.24, 2.45) is 0 Å². The van der Waals surface area contributed by atoms with Crippen molar-refractivity contribution in [2.75, 3.05) is 51.8 Å². The number of anilines is 1. The number of hydrogen-bond donors (Lipinski definition) is 1. The number of para-hydroxylation sites is 1. The van der Waals surface area contributed by atoms with Crippen LogP contribution in [0.3, 0.4) is 0 Å². The number of halogens is 1. The number of carbonyl (C=O) groups is 2. The highest BCUT2D eigenvalue weighted by molar-refractivity contribution is 6.37. The van der Waals surface area contributed by atoms with Crippen LogP contribution in [0.1, 0.15) is 5.56 Å². The Labute approximate surface area is 180 Å². The maximum atomic E-state index is 13.4. The van der Waals surface area contributed by atoms with Crippen LogP contribution in [0.2, 0.25) is 0 Å². The standard InChI is InChI=1S/C23H24FN3O4/c1-30-19-5-3-2-4-18(19)20-21(25-17-8-6-16(24)7-9-17)23(29)27(22(20)28)11-10-26-12-14-31-15-13-26/h2-9,25H,10-15H2,1H3. The maximum Gasteiger partial charge on any atom is 0.278 e. The summed E-state index contributed by atoms with van der Waals surface area (Å²) in [4.78, 5) is 30.0. The Hall–Kier alpha value is -3.23. The first-order chi connectivity index (χ1) is 15.1. The van der Waals surface area contributed by atoms with Crippen molar-refractivity contribution in [1.29, 1.82) is 0 Å². The second-order valence-corrected chi connectivity index (χ2v) is 7.30. The zero-order chi connectivity index (χ0) is 21.8. The van der Waals surface area contributed by atoms with Gasteiger partial charge in [-0.1, -0.05) is 18.2 Å². The minimum Gasteiger partial charge on any atom is -0.496 e. The first-order valence-electron chi connectivity index (χ1n) is 10.1. The van der Waals surface area contributed by atoms with Crippen molar-refractivity contribution in [2.45, 2.75) is 0 Å². The zero-order valence-electron chi connectivity index (χ0n) is 17.3. The second kappa shape index (κ2) is 9.28. The highest BCUT2D eigenvalue weighted by Crippen LogP contribution is 2.35. The molecule has 1 saturated heterocycles. The molecule has 2 aromatic carbocycles. The Bertz CT molecular complexity index is 1000. The Morgan fingerprint density at radius 1 is 1.00 bits per heavy atom. The third-order valence-electron chi connectivity index (χ3n) is 5.40. The number of imide groups is 1. The van der Waals surface area contributed by atoms with Crippen LogP contribution in [0.5, 0.6) is 5.75 Å². The van der Waals surface area contributed by atoms with E-state index in [9.17, 15) is 14.0 Å². The lowest BCUT2D eigenvalue weighted by molar-refractivity contribution is -0.137. The molecule has 4 rings (SSSR count). The Kier molecular flexibility index (Phi) is 6.29. The lowest BCUT2D eigenvalue weighted by Gasteiger charge is -2.28. The molecule has 2 aliphatic heterocycles. The van der Waals surface area contributed by atoms with E-state index in [1.54, 1.807) is 24.3 Å². The van der Waals surface area contributed by atoms with Gasteiger partial charge in [-0.3, -0.25) is 19.4 Å². The quantitative estimate of drug-likeness (QED) is 0.687. The van der Waals surface area contributed by atoms with E-state index in [1.807, 2.05) is 0 Å². The Balaban J connectivity index is 1.65. The molecule has 0 saturated carbocycles. The molecule has 7 nitrogen and oxygen atoms in total. The summed E-state index contributed by atoms with van der Waals surface area (Å²) < 4.78 is 24.1. The molecular weight excluding hydrogens is 401 g/mol. The number of rotatable bonds is 7. The van der Waals surface area contributed by atoms with Crippen LogP contribution >= 0.6 is 0 Å². The number of morpholine rings is 1. The normalized spacial score (nSPS) is 17.4. The molecule has 0 aromatic heterocycles. The predicted octanol–water partition coefficient (Wildman–Crippen LogP) is 2.36. The molecule has 8 heteroatoms. The zero-order valence-corrected chi connectivity index (χ0v) is 17.3. The number of methoxy groups -OCH3 is 1. The summed E-state index contributed by atoms with van der Waals surface area (Å²) in [6.45, 7) is 3.66. The summed E-state index contributed by atoms with van der Waals surface area (Å²) >= 11 is 0. The van der Waals surface area contributed by atoms with Gasteiger partial charge in [-0.05, 0) is 30.3 Å². The van der Waals surface area contributed by atoms with Crippen molar-refractivity contribution in [3.8, 4) is 5.75 Å². The molecule has 1 fully saturated rings. The summed E-state index contributed by atoms with van der Waals surface area (Å²) in [6, 6.07) is 12.7. The first kappa shape index (κ1) is 21.0. The molecule has 1 N–H and O–H groups in total. The van der Waals surface area contributed by atoms with E-state index in [2.05, 4.69) is 10.2 Å². The van der Waals surface area contributed by atoms with Gasteiger partial charge < -0.3 is 14.8 Å². The third-order valence-corrected chi connectivity index (χ3v) is 5.40. The van der Waals surface area contributed by atoms with E-state index in [0.29, 0.717) is 36.8 Å². The molecule has 0 atom stereocenters. The Morgan fingerprint density at radius 2 is 1.71 bits per heavy atom. The number of ether oxygens (including phenoxy) is 2. The summed E-state index contributed by atoms with van der Waals surface area (Å²) in [5.74, 6) is -0.687. The molecule has 2 aromatic rings. The fourth-order valence-electron chi connectivity index (χ4n) is 3.74. The van der Waals surface area contributed by atoms with Gasteiger partial charge in [0.25, 0.3) is 11.8 Å². The van der Waals surface area contributed by atoms with Gasteiger partial charge in [0.1, 0.15) is 17.3 Å². The van der Waals surface area contributed by atoms with Gasteiger partial charge in [-0.15, -0.1) is 0 Å². The van der Waals surface area contributed by atoms with Gasteiger partial charge >= 0.3 is 0 Å². The van der Waals surface area contributed by atoms with Crippen molar-refractivity contribution in [1.82, 2.24) is 9.80 Å². The minimum atomic E-state index is -0.413. The summed E-state index contributed by atoms with van der Waals surface area (Å²) in [5, 5.41) is 3.03. The van der Waals surface area contributed by atoms with Gasteiger partial charge in [0.15, 0.2) is 0 Å². The van der Waals surface area contributed by atoms with Crippen LogP contribution in [0.4, 0.5) is 10.1 Å². The van der Waals surface area contributed by atoms with Crippen molar-refractivity contribution in [3.05, 3.63) is 65.6 Å². The van der Waals surface area contributed by atoms with Crippen LogP contribution in [0, 0.1) is 5.82 Å². The molecule has 0 aliphatic carbocycles. The van der Waals surface area contributed by atoms with E-state index in [1.165, 1.54) is 36.3 Å². The van der Waals surface area contributed by atoms with Crippen LogP contribution in [-0.2, 0) is 14.3 Å². The number of benzene rings is 2. The SMILES string of the molecule is COc1ccccc1C1=C(Nc2ccc(F)cc2)C(=O)N(CCN2CCOCC2)C1=O. The van der Waals surface area contributed by atoms with Crippen molar-refractivity contribution >= 4 is 23.1 Å². The number of carbonyl (C=O) groups excluding carboxylic acids is 2. The third kappa shape index (κ3) is 4.45. The molecule has 0 radical (unpaired) electrons. The van der Waals surface area contributed by atoms with E-state index >= 15 is 0 Å². The molecule has 162 valence electrons. The number of amides is 2. The summed E-state index contributed by atoms with van der Waals surface area (Å²) in [6.07, 6.45) is 0. The number of nitrogens with zero attached hydrogens (tertiary/aromatic N) is 2. The van der Waals surface area contributed by atoms with Gasteiger partial charge in [-0.25, -0.2) is 4.39 Å². The monoisotopic (exact) mass is 425 g/mol. The fraction of sp³-hybridized carbons (Fsp3) is 0.304. The largest absolute Gasteiger partial charge is 0.496 e. The van der Waals surface area contributed by atoms with E-state index < -0.39 is 5.91 Å². The molecule has 2 amide bonds. The fourth-order valence-corrected chi connectivity index (χ4v) is 3.74. The molecule has 31 heavy (non-hydrogen) atoms. The molecule has 0 unspecified atom stereocenters. The minimum absolute atomic E-state index is 0.156. The van der Waals surface area contributed by atoms with Crippen molar-refractivity contribution < 1.29 is 23.5 Å². The molecule has 2 aliphatic rings. The highest BCUT2D eigenvalue weighted by Gasteiger charge is 2.40. The van der Waals surface area contributed by atoms with E-state index in [4.69, 9.17) is 9.47 Å². The van der Waals surface area contributed by atoms with Gasteiger partial charge in [0, 0.05) is 37.4 Å². The lowest BCUT2D eigenvalue weighted by atomic mass is 10.0. The van der Waals surface area contributed by atoms with Gasteiger partial charge in [0.2, 0.25) is 0 Å². The average molecular weight is 425 g/mol. The number of nitrogens with one attached hydrogen (secondary N) is 1. The lowest BCUT2D eigenvalue weighted by Crippen LogP contribution is -2.43. The van der Waals surface area contributed by atoms with Crippen molar-refractivity contribution in [3.63, 3.8) is 0 Å². The van der Waals surface area contributed by atoms with Crippen LogP contribution in [0.15, 0.2) is 54.2 Å². The summed E-state index contributed by atoms with van der Waals surface area (Å²) in [7, 11) is 1.52. The smallest absolute Gasteiger partial charge is 0.278 e. The molecule has 0 spiro atoms. The van der Waals surface area contributed by atoms with Crippen LogP contribution in [-0.4, -0.2) is 68.1 Å². The molecular formula is C23H24FN3O4. The first-order valence-corrected chi connectivity index (χ1v) is 10.1. The second-order valence-electron chi connectivity index (χ2n) is 7.30. The van der Waals surface area contributed by atoms with Crippen LogP contribution < -0.4 is 10.1 Å². The highest BCUT2D eigenvalue weighted by atomic mass is 19.1. The topological polar surface area (TPSA) is 71.1 Å². The number of hydrogen-bond acceptors (Lipinski definition) is 6. The molecule has 2 heterocycles. The van der Waals surface area contributed by atoms with Gasteiger partial charge in [0.05, 0.1) is 25.9 Å².